The number of benzene rings is 1. The second-order valence-electron chi connectivity index (χ2n) is 5.56. The molecule has 0 aromatic heterocycles. The summed E-state index contributed by atoms with van der Waals surface area (Å²) in [6.07, 6.45) is 3.35. The van der Waals surface area contributed by atoms with Crippen LogP contribution < -0.4 is 5.73 Å². The SMILES string of the molecule is NC(=O)C1(N2C(=O)c3cccc(Cl)c3C2=O)CCCCC1. The highest BCUT2D eigenvalue weighted by atomic mass is 35.5. The van der Waals surface area contributed by atoms with Gasteiger partial charge in [-0.05, 0) is 25.0 Å². The summed E-state index contributed by atoms with van der Waals surface area (Å²) in [6.45, 7) is 0. The van der Waals surface area contributed by atoms with E-state index >= 15 is 0 Å². The molecule has 2 N–H and O–H groups in total. The first-order valence-electron chi connectivity index (χ1n) is 6.96. The van der Waals surface area contributed by atoms with Crippen molar-refractivity contribution in [1.82, 2.24) is 4.90 Å². The average molecular weight is 307 g/mol. The van der Waals surface area contributed by atoms with Crippen molar-refractivity contribution in [3.8, 4) is 0 Å². The Bertz CT molecular complexity index is 650. The van der Waals surface area contributed by atoms with Crippen LogP contribution in [0.5, 0.6) is 0 Å². The van der Waals surface area contributed by atoms with E-state index in [2.05, 4.69) is 0 Å². The van der Waals surface area contributed by atoms with Gasteiger partial charge in [-0.3, -0.25) is 19.3 Å². The lowest BCUT2D eigenvalue weighted by Gasteiger charge is -2.40. The zero-order chi connectivity index (χ0) is 15.2. The minimum atomic E-state index is -1.21. The van der Waals surface area contributed by atoms with Crippen LogP contribution in [0.15, 0.2) is 18.2 Å². The van der Waals surface area contributed by atoms with Crippen molar-refractivity contribution in [2.45, 2.75) is 37.6 Å². The Morgan fingerprint density at radius 3 is 2.38 bits per heavy atom. The van der Waals surface area contributed by atoms with Crippen LogP contribution >= 0.6 is 11.6 Å². The quantitative estimate of drug-likeness (QED) is 0.850. The number of carbonyl (C=O) groups excluding carboxylic acids is 3. The van der Waals surface area contributed by atoms with Gasteiger partial charge in [0.2, 0.25) is 5.91 Å². The van der Waals surface area contributed by atoms with E-state index in [-0.39, 0.29) is 16.1 Å². The third-order valence-corrected chi connectivity index (χ3v) is 4.75. The van der Waals surface area contributed by atoms with Crippen molar-refractivity contribution < 1.29 is 14.4 Å². The largest absolute Gasteiger partial charge is 0.368 e. The third-order valence-electron chi connectivity index (χ3n) is 4.43. The zero-order valence-corrected chi connectivity index (χ0v) is 12.2. The predicted molar refractivity (Wildman–Crippen MR) is 77.0 cm³/mol. The maximum atomic E-state index is 12.6. The van der Waals surface area contributed by atoms with Crippen molar-refractivity contribution in [2.75, 3.05) is 0 Å². The normalized spacial score (nSPS) is 20.5. The van der Waals surface area contributed by atoms with Crippen LogP contribution in [-0.4, -0.2) is 28.2 Å². The maximum absolute atomic E-state index is 12.6. The van der Waals surface area contributed by atoms with Gasteiger partial charge in [0.15, 0.2) is 0 Å². The van der Waals surface area contributed by atoms with Gasteiger partial charge < -0.3 is 5.73 Å². The molecule has 3 amide bonds. The van der Waals surface area contributed by atoms with E-state index in [0.29, 0.717) is 12.8 Å². The van der Waals surface area contributed by atoms with E-state index in [1.54, 1.807) is 18.2 Å². The number of carbonyl (C=O) groups is 3. The Morgan fingerprint density at radius 2 is 1.81 bits per heavy atom. The average Bonchev–Trinajstić information content (AvgIpc) is 2.73. The Balaban J connectivity index is 2.12. The second-order valence-corrected chi connectivity index (χ2v) is 5.97. The fourth-order valence-corrected chi connectivity index (χ4v) is 3.61. The van der Waals surface area contributed by atoms with Gasteiger partial charge in [-0.2, -0.15) is 0 Å². The lowest BCUT2D eigenvalue weighted by Crippen LogP contribution is -2.60. The number of hydrogen-bond acceptors (Lipinski definition) is 3. The summed E-state index contributed by atoms with van der Waals surface area (Å²) in [4.78, 5) is 38.3. The molecule has 21 heavy (non-hydrogen) atoms. The lowest BCUT2D eigenvalue weighted by atomic mass is 9.79. The number of nitrogens with two attached hydrogens (primary N) is 1. The molecule has 1 aromatic carbocycles. The van der Waals surface area contributed by atoms with Crippen LogP contribution in [0.2, 0.25) is 5.02 Å². The molecular formula is C15H15ClN2O3. The number of rotatable bonds is 2. The van der Waals surface area contributed by atoms with E-state index in [0.717, 1.165) is 24.2 Å². The lowest BCUT2D eigenvalue weighted by molar-refractivity contribution is -0.129. The summed E-state index contributed by atoms with van der Waals surface area (Å²) in [5, 5.41) is 0.226. The molecule has 1 heterocycles. The summed E-state index contributed by atoms with van der Waals surface area (Å²) in [5.41, 5.74) is 4.77. The predicted octanol–water partition coefficient (Wildman–Crippen LogP) is 2.12. The fraction of sp³-hybridized carbons (Fsp3) is 0.400. The minimum Gasteiger partial charge on any atom is -0.368 e. The summed E-state index contributed by atoms with van der Waals surface area (Å²) in [5.74, 6) is -1.60. The Kier molecular flexibility index (Phi) is 3.24. The van der Waals surface area contributed by atoms with Crippen molar-refractivity contribution in [3.63, 3.8) is 0 Å². The van der Waals surface area contributed by atoms with Gasteiger partial charge in [0.05, 0.1) is 16.1 Å². The van der Waals surface area contributed by atoms with Crippen LogP contribution in [-0.2, 0) is 4.79 Å². The topological polar surface area (TPSA) is 80.5 Å². The molecule has 1 saturated carbocycles. The molecule has 0 saturated heterocycles. The highest BCUT2D eigenvalue weighted by molar-refractivity contribution is 6.37. The van der Waals surface area contributed by atoms with Gasteiger partial charge in [0.1, 0.15) is 5.54 Å². The van der Waals surface area contributed by atoms with Gasteiger partial charge in [-0.25, -0.2) is 0 Å². The third kappa shape index (κ3) is 1.87. The second kappa shape index (κ2) is 4.84. The number of hydrogen-bond donors (Lipinski definition) is 1. The molecule has 1 aliphatic carbocycles. The molecule has 0 bridgehead atoms. The van der Waals surface area contributed by atoms with Gasteiger partial charge in [-0.1, -0.05) is 36.9 Å². The first-order chi connectivity index (χ1) is 9.99. The maximum Gasteiger partial charge on any atom is 0.264 e. The van der Waals surface area contributed by atoms with Crippen LogP contribution in [0.3, 0.4) is 0 Å². The number of fused-ring (bicyclic) bond motifs is 1. The molecule has 3 rings (SSSR count). The van der Waals surface area contributed by atoms with Gasteiger partial charge in [0, 0.05) is 0 Å². The van der Waals surface area contributed by atoms with Gasteiger partial charge in [-0.15, -0.1) is 0 Å². The van der Waals surface area contributed by atoms with E-state index in [1.165, 1.54) is 0 Å². The highest BCUT2D eigenvalue weighted by Crippen LogP contribution is 2.40. The minimum absolute atomic E-state index is 0.176. The molecule has 0 unspecified atom stereocenters. The van der Waals surface area contributed by atoms with E-state index in [4.69, 9.17) is 17.3 Å². The summed E-state index contributed by atoms with van der Waals surface area (Å²) in [6, 6.07) is 4.74. The number of primary amides is 1. The molecule has 110 valence electrons. The zero-order valence-electron chi connectivity index (χ0n) is 11.4. The van der Waals surface area contributed by atoms with Crippen LogP contribution in [0.4, 0.5) is 0 Å². The summed E-state index contributed by atoms with van der Waals surface area (Å²) < 4.78 is 0. The molecular weight excluding hydrogens is 292 g/mol. The molecule has 1 aliphatic heterocycles. The van der Waals surface area contributed by atoms with Gasteiger partial charge >= 0.3 is 0 Å². The van der Waals surface area contributed by atoms with E-state index in [9.17, 15) is 14.4 Å². The number of imide groups is 1. The van der Waals surface area contributed by atoms with Crippen LogP contribution in [0.1, 0.15) is 52.8 Å². The van der Waals surface area contributed by atoms with E-state index in [1.807, 2.05) is 0 Å². The molecule has 2 aliphatic rings. The van der Waals surface area contributed by atoms with Crippen LogP contribution in [0.25, 0.3) is 0 Å². The summed E-state index contributed by atoms with van der Waals surface area (Å²) in [7, 11) is 0. The smallest absolute Gasteiger partial charge is 0.264 e. The molecule has 6 heteroatoms. The van der Waals surface area contributed by atoms with Crippen molar-refractivity contribution >= 4 is 29.3 Å². The van der Waals surface area contributed by atoms with Crippen molar-refractivity contribution in [1.29, 1.82) is 0 Å². The molecule has 5 nitrogen and oxygen atoms in total. The Morgan fingerprint density at radius 1 is 1.14 bits per heavy atom. The molecule has 1 aromatic rings. The number of nitrogens with zero attached hydrogens (tertiary/aromatic N) is 1. The molecule has 1 fully saturated rings. The molecule has 0 spiro atoms. The Hall–Kier alpha value is -1.88. The van der Waals surface area contributed by atoms with Crippen molar-refractivity contribution in [2.24, 2.45) is 5.73 Å². The molecule has 0 radical (unpaired) electrons. The first kappa shape index (κ1) is 14.1. The van der Waals surface area contributed by atoms with Crippen LogP contribution in [0, 0.1) is 0 Å². The van der Waals surface area contributed by atoms with E-state index < -0.39 is 23.3 Å². The number of halogens is 1. The molecule has 0 atom stereocenters. The standard InChI is InChI=1S/C15H15ClN2O3/c16-10-6-4-5-9-11(10)13(20)18(12(9)19)15(14(17)21)7-2-1-3-8-15/h4-6H,1-3,7-8H2,(H2,17,21). The van der Waals surface area contributed by atoms with Gasteiger partial charge in [0.25, 0.3) is 11.8 Å². The first-order valence-corrected chi connectivity index (χ1v) is 7.34. The fourth-order valence-electron chi connectivity index (χ4n) is 3.35. The summed E-state index contributed by atoms with van der Waals surface area (Å²) >= 11 is 6.04. The highest BCUT2D eigenvalue weighted by Gasteiger charge is 2.53. The van der Waals surface area contributed by atoms with Crippen molar-refractivity contribution in [3.05, 3.63) is 34.3 Å². The Labute approximate surface area is 127 Å². The number of amides is 3. The monoisotopic (exact) mass is 306 g/mol.